The normalized spacial score (nSPS) is 12.7. The molecule has 2 rings (SSSR count). The highest BCUT2D eigenvalue weighted by molar-refractivity contribution is 5.60. The molecule has 0 aliphatic rings. The van der Waals surface area contributed by atoms with E-state index >= 15 is 0 Å². The van der Waals surface area contributed by atoms with Crippen molar-refractivity contribution in [1.82, 2.24) is 9.97 Å². The van der Waals surface area contributed by atoms with Gasteiger partial charge in [0.2, 0.25) is 0 Å². The van der Waals surface area contributed by atoms with Crippen LogP contribution in [-0.4, -0.2) is 9.97 Å². The predicted octanol–water partition coefficient (Wildman–Crippen LogP) is 2.10. The molecule has 72 valence electrons. The average Bonchev–Trinajstić information content (AvgIpc) is 2.70. The Morgan fingerprint density at radius 1 is 1.36 bits per heavy atom. The van der Waals surface area contributed by atoms with Crippen LogP contribution in [0.4, 0.5) is 0 Å². The van der Waals surface area contributed by atoms with Gasteiger partial charge in [0, 0.05) is 24.0 Å². The molecule has 2 aromatic rings. The molecule has 1 heterocycles. The van der Waals surface area contributed by atoms with E-state index in [2.05, 4.69) is 9.97 Å². The minimum Gasteiger partial charge on any atom is -0.345 e. The summed E-state index contributed by atoms with van der Waals surface area (Å²) < 4.78 is 0. The van der Waals surface area contributed by atoms with Crippen LogP contribution in [0.5, 0.6) is 0 Å². The van der Waals surface area contributed by atoms with Crippen LogP contribution in [0.1, 0.15) is 18.5 Å². The number of H-pyrrole nitrogens is 1. The summed E-state index contributed by atoms with van der Waals surface area (Å²) >= 11 is 0. The van der Waals surface area contributed by atoms with Crippen LogP contribution in [0.3, 0.4) is 0 Å². The maximum absolute atomic E-state index is 5.88. The summed E-state index contributed by atoms with van der Waals surface area (Å²) in [6, 6.07) is 8.06. The van der Waals surface area contributed by atoms with Gasteiger partial charge in [-0.1, -0.05) is 24.3 Å². The third-order valence-corrected chi connectivity index (χ3v) is 2.20. The van der Waals surface area contributed by atoms with Gasteiger partial charge in [0.05, 0.1) is 0 Å². The molecule has 14 heavy (non-hydrogen) atoms. The molecule has 0 aliphatic heterocycles. The largest absolute Gasteiger partial charge is 0.345 e. The highest BCUT2D eigenvalue weighted by Gasteiger charge is 2.08. The van der Waals surface area contributed by atoms with E-state index in [4.69, 9.17) is 5.73 Å². The molecular weight excluding hydrogens is 174 g/mol. The number of hydrogen-bond acceptors (Lipinski definition) is 2. The number of hydrogen-bond donors (Lipinski definition) is 2. The molecular formula is C11H13N3. The van der Waals surface area contributed by atoms with Gasteiger partial charge < -0.3 is 10.7 Å². The fourth-order valence-electron chi connectivity index (χ4n) is 1.52. The van der Waals surface area contributed by atoms with Crippen molar-refractivity contribution in [1.29, 1.82) is 0 Å². The van der Waals surface area contributed by atoms with Gasteiger partial charge in [-0.15, -0.1) is 0 Å². The molecule has 0 radical (unpaired) electrons. The minimum atomic E-state index is 0.0244. The zero-order valence-electron chi connectivity index (χ0n) is 8.07. The Labute approximate surface area is 83.0 Å². The average molecular weight is 187 g/mol. The molecule has 1 aromatic carbocycles. The topological polar surface area (TPSA) is 54.7 Å². The Hall–Kier alpha value is -1.61. The van der Waals surface area contributed by atoms with Crippen LogP contribution in [0.2, 0.25) is 0 Å². The fourth-order valence-corrected chi connectivity index (χ4v) is 1.52. The summed E-state index contributed by atoms with van der Waals surface area (Å²) in [4.78, 5) is 7.30. The van der Waals surface area contributed by atoms with Gasteiger partial charge >= 0.3 is 0 Å². The zero-order chi connectivity index (χ0) is 9.97. The minimum absolute atomic E-state index is 0.0244. The number of benzene rings is 1. The summed E-state index contributed by atoms with van der Waals surface area (Å²) in [6.45, 7) is 1.97. The number of aromatic amines is 1. The quantitative estimate of drug-likeness (QED) is 0.756. The van der Waals surface area contributed by atoms with Gasteiger partial charge in [0.15, 0.2) is 0 Å². The summed E-state index contributed by atoms with van der Waals surface area (Å²) in [7, 11) is 0. The molecule has 1 unspecified atom stereocenters. The van der Waals surface area contributed by atoms with E-state index in [9.17, 15) is 0 Å². The van der Waals surface area contributed by atoms with Crippen molar-refractivity contribution in [2.45, 2.75) is 13.0 Å². The molecule has 0 saturated carbocycles. The van der Waals surface area contributed by atoms with Crippen molar-refractivity contribution in [3.8, 4) is 11.4 Å². The Kier molecular flexibility index (Phi) is 2.33. The van der Waals surface area contributed by atoms with Gasteiger partial charge in [-0.25, -0.2) is 4.98 Å². The van der Waals surface area contributed by atoms with Crippen molar-refractivity contribution in [2.75, 3.05) is 0 Å². The second-order valence-corrected chi connectivity index (χ2v) is 3.31. The Morgan fingerprint density at radius 2 is 2.14 bits per heavy atom. The van der Waals surface area contributed by atoms with Crippen LogP contribution < -0.4 is 5.73 Å². The van der Waals surface area contributed by atoms with Gasteiger partial charge in [0.25, 0.3) is 0 Å². The lowest BCUT2D eigenvalue weighted by Gasteiger charge is -2.10. The molecule has 1 atom stereocenters. The van der Waals surface area contributed by atoms with Crippen LogP contribution in [0.15, 0.2) is 36.7 Å². The van der Waals surface area contributed by atoms with Gasteiger partial charge in [-0.05, 0) is 12.5 Å². The van der Waals surface area contributed by atoms with Crippen molar-refractivity contribution in [3.63, 3.8) is 0 Å². The monoisotopic (exact) mass is 187 g/mol. The lowest BCUT2D eigenvalue weighted by atomic mass is 10.0. The molecule has 0 aliphatic carbocycles. The SMILES string of the molecule is CC(N)c1ccccc1-c1ncc[nH]1. The molecule has 0 saturated heterocycles. The summed E-state index contributed by atoms with van der Waals surface area (Å²) in [5.41, 5.74) is 8.07. The molecule has 3 N–H and O–H groups in total. The smallest absolute Gasteiger partial charge is 0.137 e. The van der Waals surface area contributed by atoms with Gasteiger partial charge in [0.1, 0.15) is 5.82 Å². The van der Waals surface area contributed by atoms with Gasteiger partial charge in [-0.3, -0.25) is 0 Å². The number of rotatable bonds is 2. The van der Waals surface area contributed by atoms with Crippen molar-refractivity contribution < 1.29 is 0 Å². The van der Waals surface area contributed by atoms with Crippen molar-refractivity contribution >= 4 is 0 Å². The number of nitrogens with two attached hydrogens (primary N) is 1. The number of imidazole rings is 1. The fraction of sp³-hybridized carbons (Fsp3) is 0.182. The predicted molar refractivity (Wildman–Crippen MR) is 56.6 cm³/mol. The Morgan fingerprint density at radius 3 is 2.79 bits per heavy atom. The van der Waals surface area contributed by atoms with Crippen molar-refractivity contribution in [2.24, 2.45) is 5.73 Å². The molecule has 1 aromatic heterocycles. The van der Waals surface area contributed by atoms with Crippen LogP contribution in [0, 0.1) is 0 Å². The lowest BCUT2D eigenvalue weighted by Crippen LogP contribution is -2.06. The summed E-state index contributed by atoms with van der Waals surface area (Å²) in [6.07, 6.45) is 3.56. The molecule has 0 fully saturated rings. The Balaban J connectivity index is 2.53. The second-order valence-electron chi connectivity index (χ2n) is 3.31. The van der Waals surface area contributed by atoms with E-state index in [1.165, 1.54) is 0 Å². The van der Waals surface area contributed by atoms with E-state index in [1.807, 2.05) is 37.4 Å². The molecule has 3 nitrogen and oxygen atoms in total. The highest BCUT2D eigenvalue weighted by atomic mass is 14.9. The van der Waals surface area contributed by atoms with Crippen molar-refractivity contribution in [3.05, 3.63) is 42.2 Å². The molecule has 3 heteroatoms. The molecule has 0 amide bonds. The van der Waals surface area contributed by atoms with Crippen LogP contribution >= 0.6 is 0 Å². The summed E-state index contributed by atoms with van der Waals surface area (Å²) in [5, 5.41) is 0. The van der Waals surface area contributed by atoms with E-state index in [0.717, 1.165) is 17.0 Å². The first-order chi connectivity index (χ1) is 6.79. The maximum atomic E-state index is 5.88. The maximum Gasteiger partial charge on any atom is 0.137 e. The first kappa shape index (κ1) is 8.97. The number of nitrogens with one attached hydrogen (secondary N) is 1. The Bertz CT molecular complexity index is 404. The molecule has 0 spiro atoms. The first-order valence-corrected chi connectivity index (χ1v) is 4.63. The summed E-state index contributed by atoms with van der Waals surface area (Å²) in [5.74, 6) is 0.873. The molecule has 0 bridgehead atoms. The van der Waals surface area contributed by atoms with E-state index in [0.29, 0.717) is 0 Å². The van der Waals surface area contributed by atoms with E-state index < -0.39 is 0 Å². The standard InChI is InChI=1S/C11H13N3/c1-8(12)9-4-2-3-5-10(9)11-13-6-7-14-11/h2-8H,12H2,1H3,(H,13,14). The third kappa shape index (κ3) is 1.54. The third-order valence-electron chi connectivity index (χ3n) is 2.20. The zero-order valence-corrected chi connectivity index (χ0v) is 8.07. The number of nitrogens with zero attached hydrogens (tertiary/aromatic N) is 1. The van der Waals surface area contributed by atoms with E-state index in [1.54, 1.807) is 6.20 Å². The van der Waals surface area contributed by atoms with E-state index in [-0.39, 0.29) is 6.04 Å². The van der Waals surface area contributed by atoms with Crippen LogP contribution in [0.25, 0.3) is 11.4 Å². The number of aromatic nitrogens is 2. The first-order valence-electron chi connectivity index (χ1n) is 4.63. The van der Waals surface area contributed by atoms with Crippen LogP contribution in [-0.2, 0) is 0 Å². The highest BCUT2D eigenvalue weighted by Crippen LogP contribution is 2.23. The lowest BCUT2D eigenvalue weighted by molar-refractivity contribution is 0.819. The second kappa shape index (κ2) is 3.64. The van der Waals surface area contributed by atoms with Gasteiger partial charge in [-0.2, -0.15) is 0 Å².